The lowest BCUT2D eigenvalue weighted by molar-refractivity contribution is 0.403. The molecule has 0 saturated carbocycles. The quantitative estimate of drug-likeness (QED) is 0.275. The van der Waals surface area contributed by atoms with Gasteiger partial charge in [0, 0.05) is 12.2 Å². The zero-order chi connectivity index (χ0) is 18.3. The molecule has 26 heavy (non-hydrogen) atoms. The number of fused-ring (bicyclic) bond motifs is 1. The van der Waals surface area contributed by atoms with E-state index in [1.54, 1.807) is 30.6 Å². The maximum atomic E-state index is 11.9. The molecular weight excluding hydrogens is 336 g/mol. The van der Waals surface area contributed by atoms with E-state index in [-0.39, 0.29) is 29.4 Å². The summed E-state index contributed by atoms with van der Waals surface area (Å²) in [5.74, 6) is -0.472. The van der Waals surface area contributed by atoms with Crippen LogP contribution in [0, 0.1) is 0 Å². The Kier molecular flexibility index (Phi) is 3.58. The molecule has 1 heterocycles. The summed E-state index contributed by atoms with van der Waals surface area (Å²) in [7, 11) is 0. The second-order valence-electron chi connectivity index (χ2n) is 5.84. The van der Waals surface area contributed by atoms with Crippen LogP contribution in [0.1, 0.15) is 5.56 Å². The molecule has 4 rings (SSSR count). The van der Waals surface area contributed by atoms with Crippen molar-refractivity contribution in [1.29, 1.82) is 0 Å². The average Bonchev–Trinajstić information content (AvgIpc) is 3.11. The number of aromatic amines is 1. The summed E-state index contributed by atoms with van der Waals surface area (Å²) in [6, 6.07) is 9.70. The number of phenolic OH excluding ortho intramolecular Hbond substituents is 2. The van der Waals surface area contributed by atoms with E-state index >= 15 is 0 Å². The van der Waals surface area contributed by atoms with Gasteiger partial charge in [-0.1, -0.05) is 6.07 Å². The molecule has 0 aliphatic carbocycles. The summed E-state index contributed by atoms with van der Waals surface area (Å²) in [5.41, 5.74) is 2.10. The topological polar surface area (TPSA) is 127 Å². The number of rotatable bonds is 5. The van der Waals surface area contributed by atoms with Crippen LogP contribution < -0.4 is 21.5 Å². The third kappa shape index (κ3) is 2.63. The van der Waals surface area contributed by atoms with E-state index in [0.29, 0.717) is 11.3 Å². The molecule has 8 heteroatoms. The molecule has 0 unspecified atom stereocenters. The monoisotopic (exact) mass is 350 g/mol. The second-order valence-corrected chi connectivity index (χ2v) is 5.84. The zero-order valence-corrected chi connectivity index (χ0v) is 13.4. The van der Waals surface area contributed by atoms with Gasteiger partial charge in [-0.3, -0.25) is 9.59 Å². The molecule has 0 bridgehead atoms. The van der Waals surface area contributed by atoms with Crippen LogP contribution in [0.25, 0.3) is 11.0 Å². The lowest BCUT2D eigenvalue weighted by atomic mass is 10.1. The van der Waals surface area contributed by atoms with Crippen LogP contribution >= 0.6 is 0 Å². The standard InChI is InChI=1S/C18H14N4O4/c23-13-4-1-9(5-14(13)24)7-19-15-16(18(26)17(15)25)22-10-2-3-11-12(6-10)21-8-20-11/h1-6,8,19,22-24H,7H2,(H,20,21). The summed E-state index contributed by atoms with van der Waals surface area (Å²) in [6.45, 7) is 0.215. The van der Waals surface area contributed by atoms with Gasteiger partial charge in [-0.15, -0.1) is 0 Å². The van der Waals surface area contributed by atoms with Crippen LogP contribution in [-0.4, -0.2) is 20.2 Å². The second kappa shape index (κ2) is 5.92. The van der Waals surface area contributed by atoms with Crippen molar-refractivity contribution in [1.82, 2.24) is 9.97 Å². The highest BCUT2D eigenvalue weighted by molar-refractivity contribution is 5.84. The van der Waals surface area contributed by atoms with Gasteiger partial charge in [0.2, 0.25) is 0 Å². The van der Waals surface area contributed by atoms with Gasteiger partial charge in [-0.05, 0) is 35.9 Å². The number of aromatic nitrogens is 2. The minimum absolute atomic E-state index is 0.187. The Labute approximate surface area is 146 Å². The van der Waals surface area contributed by atoms with Crippen molar-refractivity contribution in [3.8, 4) is 11.5 Å². The molecule has 3 aromatic carbocycles. The van der Waals surface area contributed by atoms with Gasteiger partial charge in [-0.2, -0.15) is 0 Å². The van der Waals surface area contributed by atoms with Crippen molar-refractivity contribution in [3.05, 3.63) is 68.7 Å². The van der Waals surface area contributed by atoms with Gasteiger partial charge in [0.25, 0.3) is 10.9 Å². The fraction of sp³-hybridized carbons (Fsp3) is 0.0556. The molecule has 0 atom stereocenters. The van der Waals surface area contributed by atoms with Crippen molar-refractivity contribution < 1.29 is 10.2 Å². The fourth-order valence-corrected chi connectivity index (χ4v) is 2.71. The molecule has 1 aromatic heterocycles. The average molecular weight is 350 g/mol. The first-order chi connectivity index (χ1) is 12.5. The molecule has 0 aliphatic rings. The number of hydrogen-bond acceptors (Lipinski definition) is 7. The summed E-state index contributed by atoms with van der Waals surface area (Å²) in [6.07, 6.45) is 1.58. The maximum Gasteiger partial charge on any atom is 0.253 e. The molecule has 0 aliphatic heterocycles. The van der Waals surface area contributed by atoms with Crippen LogP contribution in [0.4, 0.5) is 17.1 Å². The molecule has 0 radical (unpaired) electrons. The Morgan fingerprint density at radius 2 is 1.77 bits per heavy atom. The lowest BCUT2D eigenvalue weighted by Crippen LogP contribution is -2.36. The summed E-state index contributed by atoms with van der Waals surface area (Å²) >= 11 is 0. The zero-order valence-electron chi connectivity index (χ0n) is 13.4. The Balaban J connectivity index is 1.54. The molecule has 4 aromatic rings. The third-order valence-electron chi connectivity index (χ3n) is 4.11. The van der Waals surface area contributed by atoms with Gasteiger partial charge >= 0.3 is 0 Å². The number of nitrogens with one attached hydrogen (secondary N) is 3. The molecule has 0 spiro atoms. The van der Waals surface area contributed by atoms with E-state index in [4.69, 9.17) is 0 Å². The highest BCUT2D eigenvalue weighted by atomic mass is 16.3. The molecular formula is C18H14N4O4. The van der Waals surface area contributed by atoms with Gasteiger partial charge < -0.3 is 25.8 Å². The van der Waals surface area contributed by atoms with Crippen molar-refractivity contribution in [2.75, 3.05) is 10.6 Å². The minimum atomic E-state index is -0.599. The molecule has 5 N–H and O–H groups in total. The van der Waals surface area contributed by atoms with E-state index in [2.05, 4.69) is 20.6 Å². The van der Waals surface area contributed by atoms with Gasteiger partial charge in [0.1, 0.15) is 11.4 Å². The van der Waals surface area contributed by atoms with E-state index in [1.165, 1.54) is 12.1 Å². The Hall–Kier alpha value is -3.81. The predicted octanol–water partition coefficient (Wildman–Crippen LogP) is 1.93. The van der Waals surface area contributed by atoms with Crippen molar-refractivity contribution in [2.24, 2.45) is 0 Å². The first-order valence-corrected chi connectivity index (χ1v) is 7.81. The Morgan fingerprint density at radius 1 is 0.962 bits per heavy atom. The normalized spacial score (nSPS) is 11.1. The minimum Gasteiger partial charge on any atom is -0.504 e. The Morgan fingerprint density at radius 3 is 2.58 bits per heavy atom. The van der Waals surface area contributed by atoms with Crippen molar-refractivity contribution >= 4 is 28.1 Å². The molecule has 0 fully saturated rings. The smallest absolute Gasteiger partial charge is 0.253 e. The summed E-state index contributed by atoms with van der Waals surface area (Å²) < 4.78 is 0. The SMILES string of the molecule is O=c1c(NCc2ccc(O)c(O)c2)c(Nc2ccc3nc[nH]c3c2)c1=O. The molecule has 0 saturated heterocycles. The largest absolute Gasteiger partial charge is 0.504 e. The van der Waals surface area contributed by atoms with Crippen molar-refractivity contribution in [3.63, 3.8) is 0 Å². The van der Waals surface area contributed by atoms with Crippen LogP contribution in [0.15, 0.2) is 52.3 Å². The van der Waals surface area contributed by atoms with Crippen molar-refractivity contribution in [2.45, 2.75) is 6.54 Å². The number of anilines is 3. The van der Waals surface area contributed by atoms with E-state index in [1.807, 2.05) is 0 Å². The maximum absolute atomic E-state index is 11.9. The van der Waals surface area contributed by atoms with Crippen LogP contribution in [0.2, 0.25) is 0 Å². The van der Waals surface area contributed by atoms with E-state index < -0.39 is 10.9 Å². The number of benzene rings is 2. The first kappa shape index (κ1) is 15.7. The fourth-order valence-electron chi connectivity index (χ4n) is 2.71. The van der Waals surface area contributed by atoms with E-state index in [9.17, 15) is 19.8 Å². The highest BCUT2D eigenvalue weighted by Gasteiger charge is 2.21. The number of aromatic hydroxyl groups is 2. The molecule has 0 amide bonds. The number of phenols is 2. The number of H-pyrrole nitrogens is 1. The van der Waals surface area contributed by atoms with Gasteiger partial charge in [-0.25, -0.2) is 4.98 Å². The summed E-state index contributed by atoms with van der Waals surface area (Å²) in [5, 5.41) is 24.7. The number of hydrogen-bond donors (Lipinski definition) is 5. The Bertz CT molecular complexity index is 1190. The first-order valence-electron chi connectivity index (χ1n) is 7.81. The van der Waals surface area contributed by atoms with Crippen LogP contribution in [0.3, 0.4) is 0 Å². The third-order valence-corrected chi connectivity index (χ3v) is 4.11. The van der Waals surface area contributed by atoms with Crippen LogP contribution in [-0.2, 0) is 6.54 Å². The summed E-state index contributed by atoms with van der Waals surface area (Å²) in [4.78, 5) is 30.9. The molecule has 8 nitrogen and oxygen atoms in total. The molecule has 130 valence electrons. The van der Waals surface area contributed by atoms with Gasteiger partial charge in [0.15, 0.2) is 11.5 Å². The van der Waals surface area contributed by atoms with E-state index in [0.717, 1.165) is 11.0 Å². The van der Waals surface area contributed by atoms with Crippen LogP contribution in [0.5, 0.6) is 11.5 Å². The number of imidazole rings is 1. The van der Waals surface area contributed by atoms with Gasteiger partial charge in [0.05, 0.1) is 17.4 Å². The predicted molar refractivity (Wildman–Crippen MR) is 97.8 cm³/mol. The number of nitrogens with zero attached hydrogens (tertiary/aromatic N) is 1. The highest BCUT2D eigenvalue weighted by Crippen LogP contribution is 2.26. The lowest BCUT2D eigenvalue weighted by Gasteiger charge is -2.15.